The van der Waals surface area contributed by atoms with Crippen LogP contribution in [0.2, 0.25) is 6.04 Å². The van der Waals surface area contributed by atoms with E-state index in [0.717, 1.165) is 25.4 Å². The Morgan fingerprint density at radius 3 is 1.54 bits per heavy atom. The van der Waals surface area contributed by atoms with Gasteiger partial charge in [0.2, 0.25) is 0 Å². The first-order valence-corrected chi connectivity index (χ1v) is 13.9. The summed E-state index contributed by atoms with van der Waals surface area (Å²) in [4.78, 5) is 0. The summed E-state index contributed by atoms with van der Waals surface area (Å²) >= 11 is 0. The molecule has 0 aliphatic carbocycles. The van der Waals surface area contributed by atoms with Crippen LogP contribution in [0.4, 0.5) is 0 Å². The fourth-order valence-corrected chi connectivity index (χ4v) is 7.66. The van der Waals surface area contributed by atoms with Gasteiger partial charge < -0.3 is 43.3 Å². The van der Waals surface area contributed by atoms with Crippen molar-refractivity contribution in [3.63, 3.8) is 0 Å². The quantitative estimate of drug-likeness (QED) is 0.284. The highest BCUT2D eigenvalue weighted by Crippen LogP contribution is 2.17. The highest BCUT2D eigenvalue weighted by Gasteiger charge is 2.46. The molecule has 0 amide bonds. The topological polar surface area (TPSA) is 119 Å². The van der Waals surface area contributed by atoms with Crippen LogP contribution in [0.3, 0.4) is 0 Å². The molecule has 0 aromatic heterocycles. The van der Waals surface area contributed by atoms with Gasteiger partial charge in [-0.1, -0.05) is 6.92 Å². The summed E-state index contributed by atoms with van der Waals surface area (Å²) < 4.78 is 33.1. The van der Waals surface area contributed by atoms with E-state index in [-0.39, 0.29) is 5.67 Å². The van der Waals surface area contributed by atoms with E-state index < -0.39 is 17.6 Å². The minimum atomic E-state index is -2.55. The number of rotatable bonds is 17. The Morgan fingerprint density at radius 1 is 0.786 bits per heavy atom. The van der Waals surface area contributed by atoms with Gasteiger partial charge >= 0.3 is 17.6 Å². The second kappa shape index (κ2) is 19.1. The molecule has 28 heavy (non-hydrogen) atoms. The molecular weight excluding hydrogens is 398 g/mol. The molecule has 0 saturated heterocycles. The maximum absolute atomic E-state index is 5.65. The van der Waals surface area contributed by atoms with Crippen LogP contribution in [-0.2, 0) is 26.6 Å². The first-order chi connectivity index (χ1) is 13.4. The highest BCUT2D eigenvalue weighted by atomic mass is 28.4. The number of nitrogens with two attached hydrogens (primary N) is 2. The van der Waals surface area contributed by atoms with E-state index in [1.54, 1.807) is 21.3 Å². The van der Waals surface area contributed by atoms with Crippen molar-refractivity contribution < 1.29 is 26.6 Å². The van der Waals surface area contributed by atoms with Crippen LogP contribution in [0.25, 0.3) is 0 Å². The zero-order valence-corrected chi connectivity index (χ0v) is 21.0. The average molecular weight is 444 g/mol. The molecule has 1 atom stereocenters. The fraction of sp³-hybridized carbons (Fsp3) is 1.00. The van der Waals surface area contributed by atoms with E-state index in [9.17, 15) is 0 Å². The lowest BCUT2D eigenvalue weighted by Crippen LogP contribution is -2.60. The summed E-state index contributed by atoms with van der Waals surface area (Å²) in [7, 11) is -0.0960. The Labute approximate surface area is 174 Å². The van der Waals surface area contributed by atoms with Crippen molar-refractivity contribution in [1.82, 2.24) is 5.32 Å². The predicted molar refractivity (Wildman–Crippen MR) is 117 cm³/mol. The molecular formula is C17H45N3O6Si2. The minimum Gasteiger partial charge on any atom is -0.376 e. The van der Waals surface area contributed by atoms with Gasteiger partial charge in [-0.3, -0.25) is 0 Å². The fourth-order valence-electron chi connectivity index (χ4n) is 2.77. The first-order valence-electron chi connectivity index (χ1n) is 10.2. The molecule has 0 aromatic carbocycles. The molecule has 0 radical (unpaired) electrons. The standard InChI is InChI=1S/C9H23NO3Si.C8H22N2O3Si/c1-4-11-14(12-5-2,13-6-3)9-7-8-10;1-5-8(10-7-6-9)14(11-2,12-3)13-4/h4-10H2,1-3H3;8,10H,5-7,9H2,1-4H3. The lowest BCUT2D eigenvalue weighted by atomic mass is 10.4. The molecule has 0 spiro atoms. The van der Waals surface area contributed by atoms with Crippen LogP contribution < -0.4 is 16.8 Å². The number of hydrogen-bond donors (Lipinski definition) is 3. The summed E-state index contributed by atoms with van der Waals surface area (Å²) in [5, 5.41) is 3.27. The molecule has 5 N–H and O–H groups in total. The van der Waals surface area contributed by atoms with Crippen molar-refractivity contribution in [3.05, 3.63) is 0 Å². The molecule has 0 aromatic rings. The lowest BCUT2D eigenvalue weighted by Gasteiger charge is -2.32. The molecule has 9 nitrogen and oxygen atoms in total. The third kappa shape index (κ3) is 11.3. The van der Waals surface area contributed by atoms with Crippen LogP contribution in [0.15, 0.2) is 0 Å². The Hall–Kier alpha value is 0.0738. The van der Waals surface area contributed by atoms with Crippen LogP contribution in [0.5, 0.6) is 0 Å². The third-order valence-electron chi connectivity index (χ3n) is 4.00. The normalized spacial score (nSPS) is 13.2. The molecule has 0 aliphatic rings. The lowest BCUT2D eigenvalue weighted by molar-refractivity contribution is 0.0710. The second-order valence-corrected chi connectivity index (χ2v) is 11.7. The molecule has 1 unspecified atom stereocenters. The van der Waals surface area contributed by atoms with Gasteiger partial charge in [0, 0.05) is 60.3 Å². The first kappa shape index (κ1) is 30.3. The van der Waals surface area contributed by atoms with Gasteiger partial charge in [-0.15, -0.1) is 0 Å². The van der Waals surface area contributed by atoms with Crippen LogP contribution in [-0.4, -0.2) is 84.1 Å². The van der Waals surface area contributed by atoms with Gasteiger partial charge in [-0.25, -0.2) is 0 Å². The van der Waals surface area contributed by atoms with Crippen molar-refractivity contribution >= 4 is 17.6 Å². The summed E-state index contributed by atoms with van der Waals surface area (Å²) in [6.07, 6.45) is 1.79. The zero-order valence-electron chi connectivity index (χ0n) is 19.0. The monoisotopic (exact) mass is 443 g/mol. The van der Waals surface area contributed by atoms with E-state index in [1.807, 2.05) is 20.8 Å². The molecule has 0 aliphatic heterocycles. The number of hydrogen-bond acceptors (Lipinski definition) is 9. The van der Waals surface area contributed by atoms with Gasteiger partial charge in [-0.2, -0.15) is 0 Å². The SMILES string of the molecule is CCC(NCCN)[Si](OC)(OC)OC.CCO[Si](CCCN)(OCC)OCC. The van der Waals surface area contributed by atoms with Crippen molar-refractivity contribution in [2.45, 2.75) is 52.2 Å². The second-order valence-electron chi connectivity index (χ2n) is 5.79. The van der Waals surface area contributed by atoms with E-state index in [2.05, 4.69) is 12.2 Å². The van der Waals surface area contributed by atoms with Crippen molar-refractivity contribution in [2.24, 2.45) is 11.5 Å². The van der Waals surface area contributed by atoms with E-state index >= 15 is 0 Å². The van der Waals surface area contributed by atoms with Gasteiger partial charge in [-0.05, 0) is 40.2 Å². The molecule has 0 saturated carbocycles. The summed E-state index contributed by atoms with van der Waals surface area (Å²) in [6, 6.07) is 0.818. The van der Waals surface area contributed by atoms with Crippen molar-refractivity contribution in [2.75, 3.05) is 60.8 Å². The molecule has 0 heterocycles. The van der Waals surface area contributed by atoms with Crippen LogP contribution in [0, 0.1) is 0 Å². The number of nitrogens with one attached hydrogen (secondary N) is 1. The summed E-state index contributed by atoms with van der Waals surface area (Å²) in [5.74, 6) is 0. The highest BCUT2D eigenvalue weighted by molar-refractivity contribution is 6.62. The zero-order chi connectivity index (χ0) is 21.9. The van der Waals surface area contributed by atoms with E-state index in [1.165, 1.54) is 0 Å². The van der Waals surface area contributed by atoms with Crippen LogP contribution >= 0.6 is 0 Å². The van der Waals surface area contributed by atoms with Gasteiger partial charge in [0.1, 0.15) is 0 Å². The Bertz CT molecular complexity index is 317. The maximum atomic E-state index is 5.65. The van der Waals surface area contributed by atoms with E-state index in [4.69, 9.17) is 38.0 Å². The Kier molecular flexibility index (Phi) is 20.6. The van der Waals surface area contributed by atoms with Gasteiger partial charge in [0.15, 0.2) is 0 Å². The van der Waals surface area contributed by atoms with Crippen molar-refractivity contribution in [1.29, 1.82) is 0 Å². The predicted octanol–water partition coefficient (Wildman–Crippen LogP) is 1.11. The summed E-state index contributed by atoms with van der Waals surface area (Å²) in [5.41, 5.74) is 11.0. The molecule has 0 bridgehead atoms. The van der Waals surface area contributed by atoms with Crippen LogP contribution in [0.1, 0.15) is 40.5 Å². The van der Waals surface area contributed by atoms with Crippen molar-refractivity contribution in [3.8, 4) is 0 Å². The molecule has 172 valence electrons. The van der Waals surface area contributed by atoms with Gasteiger partial charge in [0.05, 0.1) is 5.67 Å². The Morgan fingerprint density at radius 2 is 1.25 bits per heavy atom. The maximum Gasteiger partial charge on any atom is 0.517 e. The largest absolute Gasteiger partial charge is 0.517 e. The molecule has 11 heteroatoms. The average Bonchev–Trinajstić information content (AvgIpc) is 2.71. The molecule has 0 fully saturated rings. The summed E-state index contributed by atoms with van der Waals surface area (Å²) in [6.45, 7) is 11.8. The van der Waals surface area contributed by atoms with E-state index in [0.29, 0.717) is 32.9 Å². The minimum absolute atomic E-state index is 0.103. The molecule has 0 rings (SSSR count). The Balaban J connectivity index is 0. The smallest absolute Gasteiger partial charge is 0.376 e. The van der Waals surface area contributed by atoms with Gasteiger partial charge in [0.25, 0.3) is 0 Å². The third-order valence-corrected chi connectivity index (χ3v) is 10.3.